The summed E-state index contributed by atoms with van der Waals surface area (Å²) in [5.41, 5.74) is -0.609. The molecule has 0 bridgehead atoms. The Balaban J connectivity index is 2.91. The summed E-state index contributed by atoms with van der Waals surface area (Å²) < 4.78 is 5.12. The number of Topliss-reactive ketones (excluding diaryl/α,β-unsaturated/α-hetero) is 1. The maximum absolute atomic E-state index is 11.7. The highest BCUT2D eigenvalue weighted by Crippen LogP contribution is 2.33. The van der Waals surface area contributed by atoms with Crippen molar-refractivity contribution in [2.45, 2.75) is 26.2 Å². The summed E-state index contributed by atoms with van der Waals surface area (Å²) in [5, 5.41) is 9.16. The van der Waals surface area contributed by atoms with Crippen LogP contribution in [-0.2, 0) is 14.3 Å². The standard InChI is InChI=1S/C11H16O4/c1-3-8(2)6-11(10(13)14)7-15-5-4-9(11)12/h2-7H2,1H3,(H,13,14). The van der Waals surface area contributed by atoms with E-state index in [0.717, 1.165) is 5.57 Å². The van der Waals surface area contributed by atoms with Crippen LogP contribution in [0.4, 0.5) is 0 Å². The minimum Gasteiger partial charge on any atom is -0.480 e. The van der Waals surface area contributed by atoms with Crippen molar-refractivity contribution in [2.24, 2.45) is 5.41 Å². The smallest absolute Gasteiger partial charge is 0.319 e. The van der Waals surface area contributed by atoms with Crippen LogP contribution in [0, 0.1) is 5.41 Å². The first-order chi connectivity index (χ1) is 7.03. The zero-order valence-corrected chi connectivity index (χ0v) is 8.91. The summed E-state index contributed by atoms with van der Waals surface area (Å²) >= 11 is 0. The molecular formula is C11H16O4. The monoisotopic (exact) mass is 212 g/mol. The van der Waals surface area contributed by atoms with Crippen LogP contribution in [0.15, 0.2) is 12.2 Å². The molecule has 0 aliphatic carbocycles. The van der Waals surface area contributed by atoms with Crippen molar-refractivity contribution in [2.75, 3.05) is 13.2 Å². The Bertz CT molecular complexity index is 295. The van der Waals surface area contributed by atoms with Crippen LogP contribution in [0.2, 0.25) is 0 Å². The van der Waals surface area contributed by atoms with E-state index in [1.54, 1.807) is 0 Å². The summed E-state index contributed by atoms with van der Waals surface area (Å²) in [6.45, 7) is 5.95. The molecule has 1 aliphatic heterocycles. The maximum Gasteiger partial charge on any atom is 0.319 e. The van der Waals surface area contributed by atoms with Gasteiger partial charge in [0.2, 0.25) is 0 Å². The molecule has 4 nitrogen and oxygen atoms in total. The highest BCUT2D eigenvalue weighted by atomic mass is 16.5. The second-order valence-electron chi connectivity index (χ2n) is 3.89. The Hall–Kier alpha value is -1.16. The van der Waals surface area contributed by atoms with Crippen LogP contribution < -0.4 is 0 Å². The van der Waals surface area contributed by atoms with Crippen molar-refractivity contribution in [3.05, 3.63) is 12.2 Å². The molecule has 1 atom stereocenters. The first-order valence-electron chi connectivity index (χ1n) is 5.04. The van der Waals surface area contributed by atoms with Gasteiger partial charge in [-0.15, -0.1) is 0 Å². The topological polar surface area (TPSA) is 63.6 Å². The van der Waals surface area contributed by atoms with Gasteiger partial charge in [0.05, 0.1) is 13.2 Å². The molecule has 4 heteroatoms. The molecule has 15 heavy (non-hydrogen) atoms. The lowest BCUT2D eigenvalue weighted by molar-refractivity contribution is -0.164. The lowest BCUT2D eigenvalue weighted by Crippen LogP contribution is -2.47. The molecule has 0 amide bonds. The van der Waals surface area contributed by atoms with E-state index in [0.29, 0.717) is 13.0 Å². The SMILES string of the molecule is C=C(CC)CC1(C(=O)O)COCCC1=O. The molecule has 0 saturated carbocycles. The van der Waals surface area contributed by atoms with Crippen molar-refractivity contribution < 1.29 is 19.4 Å². The minimum atomic E-state index is -1.38. The molecule has 0 aromatic rings. The van der Waals surface area contributed by atoms with E-state index in [9.17, 15) is 9.59 Å². The number of carboxylic acids is 1. The summed E-state index contributed by atoms with van der Waals surface area (Å²) in [6.07, 6.45) is 1.06. The highest BCUT2D eigenvalue weighted by molar-refractivity contribution is 6.04. The summed E-state index contributed by atoms with van der Waals surface area (Å²) in [4.78, 5) is 22.9. The predicted octanol–water partition coefficient (Wildman–Crippen LogP) is 1.40. The van der Waals surface area contributed by atoms with Gasteiger partial charge in [-0.05, 0) is 12.8 Å². The second kappa shape index (κ2) is 4.57. The average molecular weight is 212 g/mol. The van der Waals surface area contributed by atoms with Crippen molar-refractivity contribution in [1.29, 1.82) is 0 Å². The van der Waals surface area contributed by atoms with Gasteiger partial charge in [-0.25, -0.2) is 0 Å². The van der Waals surface area contributed by atoms with Crippen LogP contribution in [0.3, 0.4) is 0 Å². The third-order valence-electron chi connectivity index (χ3n) is 2.82. The van der Waals surface area contributed by atoms with Gasteiger partial charge >= 0.3 is 5.97 Å². The number of ether oxygens (including phenoxy) is 1. The van der Waals surface area contributed by atoms with Crippen LogP contribution in [-0.4, -0.2) is 30.1 Å². The quantitative estimate of drug-likeness (QED) is 0.565. The second-order valence-corrected chi connectivity index (χ2v) is 3.89. The number of ketones is 1. The third-order valence-corrected chi connectivity index (χ3v) is 2.82. The van der Waals surface area contributed by atoms with E-state index in [4.69, 9.17) is 9.84 Å². The van der Waals surface area contributed by atoms with Crippen molar-refractivity contribution in [1.82, 2.24) is 0 Å². The van der Waals surface area contributed by atoms with E-state index in [1.807, 2.05) is 6.92 Å². The third kappa shape index (κ3) is 2.26. The van der Waals surface area contributed by atoms with Gasteiger partial charge in [-0.3, -0.25) is 9.59 Å². The van der Waals surface area contributed by atoms with Gasteiger partial charge in [0.25, 0.3) is 0 Å². The number of hydrogen-bond donors (Lipinski definition) is 1. The summed E-state index contributed by atoms with van der Waals surface area (Å²) in [7, 11) is 0. The van der Waals surface area contributed by atoms with Crippen molar-refractivity contribution in [3.8, 4) is 0 Å². The van der Waals surface area contributed by atoms with E-state index < -0.39 is 11.4 Å². The van der Waals surface area contributed by atoms with E-state index in [-0.39, 0.29) is 25.2 Å². The molecule has 0 aromatic carbocycles. The number of hydrogen-bond acceptors (Lipinski definition) is 3. The van der Waals surface area contributed by atoms with Gasteiger partial charge in [0.1, 0.15) is 0 Å². The molecule has 1 aliphatic rings. The number of carboxylic acid groups (broad SMARTS) is 1. The van der Waals surface area contributed by atoms with Crippen molar-refractivity contribution >= 4 is 11.8 Å². The van der Waals surface area contributed by atoms with Gasteiger partial charge in [0.15, 0.2) is 11.2 Å². The molecule has 1 heterocycles. The Morgan fingerprint density at radius 1 is 1.67 bits per heavy atom. The molecule has 1 rings (SSSR count). The zero-order valence-electron chi connectivity index (χ0n) is 8.91. The minimum absolute atomic E-state index is 0.0276. The van der Waals surface area contributed by atoms with Crippen LogP contribution in [0.25, 0.3) is 0 Å². The number of carbonyl (C=O) groups excluding carboxylic acids is 1. The zero-order chi connectivity index (χ0) is 11.5. The molecule has 1 unspecified atom stereocenters. The van der Waals surface area contributed by atoms with Gasteiger partial charge in [-0.1, -0.05) is 19.1 Å². The first-order valence-corrected chi connectivity index (χ1v) is 5.04. The fourth-order valence-electron chi connectivity index (χ4n) is 1.69. The molecule has 1 saturated heterocycles. The van der Waals surface area contributed by atoms with Crippen LogP contribution in [0.1, 0.15) is 26.2 Å². The fraction of sp³-hybridized carbons (Fsp3) is 0.636. The molecule has 1 N–H and O–H groups in total. The van der Waals surface area contributed by atoms with Gasteiger partial charge < -0.3 is 9.84 Å². The lowest BCUT2D eigenvalue weighted by Gasteiger charge is -2.31. The van der Waals surface area contributed by atoms with Crippen molar-refractivity contribution in [3.63, 3.8) is 0 Å². The average Bonchev–Trinajstić information content (AvgIpc) is 2.21. The maximum atomic E-state index is 11.7. The Morgan fingerprint density at radius 2 is 2.33 bits per heavy atom. The van der Waals surface area contributed by atoms with E-state index in [1.165, 1.54) is 0 Å². The molecule has 0 spiro atoms. The first kappa shape index (κ1) is 11.9. The van der Waals surface area contributed by atoms with Crippen LogP contribution >= 0.6 is 0 Å². The normalized spacial score (nSPS) is 26.3. The predicted molar refractivity (Wildman–Crippen MR) is 54.6 cm³/mol. The number of aliphatic carboxylic acids is 1. The fourth-order valence-corrected chi connectivity index (χ4v) is 1.69. The number of allylic oxidation sites excluding steroid dienone is 1. The molecule has 0 radical (unpaired) electrons. The molecular weight excluding hydrogens is 196 g/mol. The molecule has 84 valence electrons. The lowest BCUT2D eigenvalue weighted by atomic mass is 9.76. The largest absolute Gasteiger partial charge is 0.480 e. The summed E-state index contributed by atoms with van der Waals surface area (Å²) in [6, 6.07) is 0. The Kier molecular flexibility index (Phi) is 3.63. The highest BCUT2D eigenvalue weighted by Gasteiger charge is 2.47. The summed E-state index contributed by atoms with van der Waals surface area (Å²) in [5.74, 6) is -1.34. The van der Waals surface area contributed by atoms with Crippen LogP contribution in [0.5, 0.6) is 0 Å². The molecule has 0 aromatic heterocycles. The Morgan fingerprint density at radius 3 is 2.80 bits per heavy atom. The van der Waals surface area contributed by atoms with E-state index >= 15 is 0 Å². The number of rotatable bonds is 4. The van der Waals surface area contributed by atoms with E-state index in [2.05, 4.69) is 6.58 Å². The van der Waals surface area contributed by atoms with Gasteiger partial charge in [-0.2, -0.15) is 0 Å². The molecule has 1 fully saturated rings. The van der Waals surface area contributed by atoms with Gasteiger partial charge in [0, 0.05) is 6.42 Å². The Labute approximate surface area is 88.9 Å². The number of carbonyl (C=O) groups is 2.